The number of nitrogens with one attached hydrogen (secondary N) is 1. The van der Waals surface area contributed by atoms with Gasteiger partial charge < -0.3 is 10.2 Å². The Morgan fingerprint density at radius 2 is 1.75 bits per heavy atom. The summed E-state index contributed by atoms with van der Waals surface area (Å²) in [6.45, 7) is 3.51. The summed E-state index contributed by atoms with van der Waals surface area (Å²) in [6, 6.07) is 15.3. The Bertz CT molecular complexity index is 544. The van der Waals surface area contributed by atoms with Crippen LogP contribution in [0.15, 0.2) is 42.5 Å². The van der Waals surface area contributed by atoms with Gasteiger partial charge in [-0.2, -0.15) is 0 Å². The number of fused-ring (bicyclic) bond motifs is 1. The molecule has 2 aromatic rings. The molecule has 1 N–H and O–H groups in total. The largest absolute Gasteiger partial charge is 0.374 e. The van der Waals surface area contributed by atoms with Crippen LogP contribution in [0, 0.1) is 5.92 Å². The molecule has 0 spiro atoms. The molecular weight excluding hydrogens is 268 g/mol. The van der Waals surface area contributed by atoms with Crippen molar-refractivity contribution < 1.29 is 0 Å². The summed E-state index contributed by atoms with van der Waals surface area (Å²) in [5.74, 6) is 0.824. The molecule has 0 aromatic heterocycles. The Balaban J connectivity index is 0.00000147. The van der Waals surface area contributed by atoms with E-state index in [-0.39, 0.29) is 12.4 Å². The quantitative estimate of drug-likeness (QED) is 0.927. The zero-order valence-corrected chi connectivity index (χ0v) is 12.8. The lowest BCUT2D eigenvalue weighted by Gasteiger charge is -2.29. The van der Waals surface area contributed by atoms with Crippen LogP contribution in [0.2, 0.25) is 0 Å². The number of anilines is 1. The zero-order chi connectivity index (χ0) is 13.1. The maximum atomic E-state index is 3.44. The van der Waals surface area contributed by atoms with Gasteiger partial charge in [-0.05, 0) is 43.3 Å². The topological polar surface area (TPSA) is 15.3 Å². The minimum atomic E-state index is 0. The Kier molecular flexibility index (Phi) is 5.27. The number of nitrogens with zero attached hydrogens (tertiary/aromatic N) is 1. The third-order valence-electron chi connectivity index (χ3n) is 4.17. The van der Waals surface area contributed by atoms with E-state index < -0.39 is 0 Å². The van der Waals surface area contributed by atoms with Gasteiger partial charge in [0.1, 0.15) is 0 Å². The van der Waals surface area contributed by atoms with Crippen molar-refractivity contribution in [3.63, 3.8) is 0 Å². The van der Waals surface area contributed by atoms with Gasteiger partial charge in [-0.3, -0.25) is 0 Å². The molecule has 2 aromatic carbocycles. The number of rotatable bonds is 3. The van der Waals surface area contributed by atoms with Crippen LogP contribution in [0.4, 0.5) is 5.69 Å². The van der Waals surface area contributed by atoms with Crippen molar-refractivity contribution in [2.75, 3.05) is 31.6 Å². The van der Waals surface area contributed by atoms with E-state index >= 15 is 0 Å². The van der Waals surface area contributed by atoms with E-state index in [1.54, 1.807) is 0 Å². The fourth-order valence-electron chi connectivity index (χ4n) is 3.09. The summed E-state index contributed by atoms with van der Waals surface area (Å²) in [5, 5.41) is 6.13. The highest BCUT2D eigenvalue weighted by atomic mass is 35.5. The van der Waals surface area contributed by atoms with Gasteiger partial charge in [0.05, 0.1) is 0 Å². The number of hydrogen-bond donors (Lipinski definition) is 1. The SMILES string of the molecule is CN(CC1CCNCC1)c1cccc2ccccc12.Cl. The minimum absolute atomic E-state index is 0. The molecule has 2 nitrogen and oxygen atoms in total. The second-order valence-electron chi connectivity index (χ2n) is 5.57. The lowest BCUT2D eigenvalue weighted by Crippen LogP contribution is -2.34. The molecule has 1 saturated heterocycles. The van der Waals surface area contributed by atoms with Crippen molar-refractivity contribution in [2.45, 2.75) is 12.8 Å². The van der Waals surface area contributed by atoms with Crippen molar-refractivity contribution in [1.29, 1.82) is 0 Å². The van der Waals surface area contributed by atoms with Crippen LogP contribution in [-0.2, 0) is 0 Å². The highest BCUT2D eigenvalue weighted by Crippen LogP contribution is 2.27. The maximum Gasteiger partial charge on any atom is 0.0443 e. The normalized spacial score (nSPS) is 15.8. The van der Waals surface area contributed by atoms with Gasteiger partial charge in [0, 0.05) is 24.7 Å². The fourth-order valence-corrected chi connectivity index (χ4v) is 3.09. The molecule has 3 heteroatoms. The average molecular weight is 291 g/mol. The van der Waals surface area contributed by atoms with E-state index in [0.717, 1.165) is 12.5 Å². The van der Waals surface area contributed by atoms with E-state index in [0.29, 0.717) is 0 Å². The predicted molar refractivity (Wildman–Crippen MR) is 90.1 cm³/mol. The Morgan fingerprint density at radius 3 is 2.55 bits per heavy atom. The fraction of sp³-hybridized carbons (Fsp3) is 0.412. The lowest BCUT2D eigenvalue weighted by atomic mass is 9.97. The van der Waals surface area contributed by atoms with Gasteiger partial charge in [0.15, 0.2) is 0 Å². The molecule has 1 aliphatic rings. The van der Waals surface area contributed by atoms with E-state index in [2.05, 4.69) is 59.7 Å². The maximum absolute atomic E-state index is 3.44. The van der Waals surface area contributed by atoms with Gasteiger partial charge in [-0.1, -0.05) is 36.4 Å². The molecule has 0 atom stereocenters. The first-order valence-electron chi connectivity index (χ1n) is 7.24. The summed E-state index contributed by atoms with van der Waals surface area (Å²) in [7, 11) is 2.23. The van der Waals surface area contributed by atoms with E-state index in [1.165, 1.54) is 42.4 Å². The summed E-state index contributed by atoms with van der Waals surface area (Å²) in [4.78, 5) is 2.43. The first kappa shape index (κ1) is 15.1. The van der Waals surface area contributed by atoms with E-state index in [4.69, 9.17) is 0 Å². The summed E-state index contributed by atoms with van der Waals surface area (Å²) >= 11 is 0. The second-order valence-corrected chi connectivity index (χ2v) is 5.57. The van der Waals surface area contributed by atoms with Crippen molar-refractivity contribution in [3.05, 3.63) is 42.5 Å². The van der Waals surface area contributed by atoms with Crippen molar-refractivity contribution in [2.24, 2.45) is 5.92 Å². The van der Waals surface area contributed by atoms with Crippen LogP contribution >= 0.6 is 12.4 Å². The molecule has 0 amide bonds. The molecular formula is C17H23ClN2. The number of hydrogen-bond acceptors (Lipinski definition) is 2. The summed E-state index contributed by atoms with van der Waals surface area (Å²) in [5.41, 5.74) is 1.36. The number of piperidine rings is 1. The molecule has 3 rings (SSSR count). The minimum Gasteiger partial charge on any atom is -0.374 e. The van der Waals surface area contributed by atoms with Crippen LogP contribution in [0.3, 0.4) is 0 Å². The number of halogens is 1. The average Bonchev–Trinajstić information content (AvgIpc) is 2.47. The van der Waals surface area contributed by atoms with Gasteiger partial charge in [-0.25, -0.2) is 0 Å². The van der Waals surface area contributed by atoms with Crippen LogP contribution in [-0.4, -0.2) is 26.7 Å². The molecule has 1 fully saturated rings. The van der Waals surface area contributed by atoms with Gasteiger partial charge in [0.2, 0.25) is 0 Å². The van der Waals surface area contributed by atoms with Crippen molar-refractivity contribution in [3.8, 4) is 0 Å². The number of benzene rings is 2. The van der Waals surface area contributed by atoms with Gasteiger partial charge in [0.25, 0.3) is 0 Å². The molecule has 20 heavy (non-hydrogen) atoms. The Hall–Kier alpha value is -1.25. The molecule has 0 radical (unpaired) electrons. The zero-order valence-electron chi connectivity index (χ0n) is 12.0. The first-order chi connectivity index (χ1) is 9.34. The predicted octanol–water partition coefficient (Wildman–Crippen LogP) is 3.70. The highest BCUT2D eigenvalue weighted by Gasteiger charge is 2.16. The standard InChI is InChI=1S/C17H22N2.ClH/c1-19(13-14-9-11-18-12-10-14)17-8-4-6-15-5-2-3-7-16(15)17;/h2-8,14,18H,9-13H2,1H3;1H. The molecule has 1 heterocycles. The smallest absolute Gasteiger partial charge is 0.0443 e. The van der Waals surface area contributed by atoms with E-state index in [1.807, 2.05) is 0 Å². The Morgan fingerprint density at radius 1 is 1.05 bits per heavy atom. The van der Waals surface area contributed by atoms with Gasteiger partial charge in [-0.15, -0.1) is 12.4 Å². The molecule has 0 bridgehead atoms. The molecule has 0 unspecified atom stereocenters. The monoisotopic (exact) mass is 290 g/mol. The third kappa shape index (κ3) is 3.25. The summed E-state index contributed by atoms with van der Waals surface area (Å²) < 4.78 is 0. The van der Waals surface area contributed by atoms with Crippen molar-refractivity contribution >= 4 is 28.9 Å². The Labute approximate surface area is 127 Å². The third-order valence-corrected chi connectivity index (χ3v) is 4.17. The van der Waals surface area contributed by atoms with Crippen LogP contribution < -0.4 is 10.2 Å². The molecule has 108 valence electrons. The molecule has 0 aliphatic carbocycles. The lowest BCUT2D eigenvalue weighted by molar-refractivity contribution is 0.378. The van der Waals surface area contributed by atoms with Crippen LogP contribution in [0.5, 0.6) is 0 Å². The molecule has 0 saturated carbocycles. The van der Waals surface area contributed by atoms with Crippen LogP contribution in [0.1, 0.15) is 12.8 Å². The first-order valence-corrected chi connectivity index (χ1v) is 7.24. The van der Waals surface area contributed by atoms with Crippen molar-refractivity contribution in [1.82, 2.24) is 5.32 Å². The summed E-state index contributed by atoms with van der Waals surface area (Å²) in [6.07, 6.45) is 2.60. The molecule has 1 aliphatic heterocycles. The second kappa shape index (κ2) is 6.96. The van der Waals surface area contributed by atoms with E-state index in [9.17, 15) is 0 Å². The van der Waals surface area contributed by atoms with Gasteiger partial charge >= 0.3 is 0 Å². The highest BCUT2D eigenvalue weighted by molar-refractivity contribution is 5.94. The van der Waals surface area contributed by atoms with Crippen LogP contribution in [0.25, 0.3) is 10.8 Å².